The van der Waals surface area contributed by atoms with Gasteiger partial charge < -0.3 is 9.64 Å². The number of rotatable bonds is 4. The lowest BCUT2D eigenvalue weighted by molar-refractivity contribution is 0.415. The molecule has 120 valence electrons. The van der Waals surface area contributed by atoms with E-state index in [1.54, 1.807) is 19.4 Å². The van der Waals surface area contributed by atoms with Gasteiger partial charge in [0.2, 0.25) is 0 Å². The van der Waals surface area contributed by atoms with E-state index in [9.17, 15) is 4.39 Å². The monoisotopic (exact) mass is 312 g/mol. The van der Waals surface area contributed by atoms with Crippen molar-refractivity contribution in [3.05, 3.63) is 53.3 Å². The maximum atomic E-state index is 14.4. The Labute approximate surface area is 136 Å². The molecule has 3 nitrogen and oxygen atoms in total. The molecule has 4 heteroatoms. The number of aliphatic imine (C=N–C) groups is 1. The van der Waals surface area contributed by atoms with Crippen molar-refractivity contribution < 1.29 is 9.13 Å². The molecule has 1 saturated heterocycles. The van der Waals surface area contributed by atoms with E-state index < -0.39 is 0 Å². The van der Waals surface area contributed by atoms with Crippen LogP contribution >= 0.6 is 0 Å². The van der Waals surface area contributed by atoms with Crippen molar-refractivity contribution in [2.75, 3.05) is 25.1 Å². The summed E-state index contributed by atoms with van der Waals surface area (Å²) in [5.74, 6) is 0.620. The lowest BCUT2D eigenvalue weighted by atomic mass is 10.1. The maximum Gasteiger partial charge on any atom is 0.147 e. The van der Waals surface area contributed by atoms with Gasteiger partial charge in [-0.3, -0.25) is 4.99 Å². The van der Waals surface area contributed by atoms with Gasteiger partial charge in [0.25, 0.3) is 0 Å². The molecule has 3 rings (SSSR count). The molecule has 1 aliphatic rings. The molecule has 1 fully saturated rings. The summed E-state index contributed by atoms with van der Waals surface area (Å²) in [4.78, 5) is 6.54. The summed E-state index contributed by atoms with van der Waals surface area (Å²) in [6.45, 7) is 3.87. The van der Waals surface area contributed by atoms with E-state index in [0.29, 0.717) is 5.69 Å². The minimum Gasteiger partial charge on any atom is -0.497 e. The quantitative estimate of drug-likeness (QED) is 0.777. The van der Waals surface area contributed by atoms with Crippen LogP contribution in [0.1, 0.15) is 24.0 Å². The first-order valence-corrected chi connectivity index (χ1v) is 7.90. The minimum absolute atomic E-state index is 0.173. The Morgan fingerprint density at radius 3 is 2.48 bits per heavy atom. The summed E-state index contributed by atoms with van der Waals surface area (Å²) in [6.07, 6.45) is 3.99. The largest absolute Gasteiger partial charge is 0.497 e. The van der Waals surface area contributed by atoms with Crippen molar-refractivity contribution in [1.82, 2.24) is 0 Å². The molecule has 2 aromatic rings. The summed E-state index contributed by atoms with van der Waals surface area (Å²) < 4.78 is 19.5. The standard InChI is InChI=1S/C19H21FN2O/c1-14-11-19(22-9-3-4-10-22)18(20)12-15(14)13-21-16-5-7-17(23-2)8-6-16/h5-8,11-13H,3-4,9-10H2,1-2H3. The molecule has 23 heavy (non-hydrogen) atoms. The highest BCUT2D eigenvalue weighted by atomic mass is 19.1. The van der Waals surface area contributed by atoms with Crippen LogP contribution in [0.15, 0.2) is 41.4 Å². The van der Waals surface area contributed by atoms with Gasteiger partial charge in [0.15, 0.2) is 0 Å². The smallest absolute Gasteiger partial charge is 0.147 e. The molecule has 0 atom stereocenters. The zero-order valence-electron chi connectivity index (χ0n) is 13.6. The second kappa shape index (κ2) is 6.82. The Morgan fingerprint density at radius 2 is 1.83 bits per heavy atom. The van der Waals surface area contributed by atoms with E-state index in [4.69, 9.17) is 4.74 Å². The normalized spacial score (nSPS) is 14.7. The van der Waals surface area contributed by atoms with E-state index in [2.05, 4.69) is 9.89 Å². The second-order valence-corrected chi connectivity index (χ2v) is 5.81. The highest BCUT2D eigenvalue weighted by molar-refractivity contribution is 5.84. The Balaban J connectivity index is 1.81. The first-order chi connectivity index (χ1) is 11.2. The summed E-state index contributed by atoms with van der Waals surface area (Å²) in [5.41, 5.74) is 3.36. The predicted octanol–water partition coefficient (Wildman–Crippen LogP) is 4.49. The van der Waals surface area contributed by atoms with Crippen LogP contribution in [-0.4, -0.2) is 26.4 Å². The Bertz CT molecular complexity index is 704. The summed E-state index contributed by atoms with van der Waals surface area (Å²) in [7, 11) is 1.63. The summed E-state index contributed by atoms with van der Waals surface area (Å²) in [6, 6.07) is 11.0. The lowest BCUT2D eigenvalue weighted by Crippen LogP contribution is -2.19. The second-order valence-electron chi connectivity index (χ2n) is 5.81. The third kappa shape index (κ3) is 3.52. The van der Waals surface area contributed by atoms with Crippen LogP contribution in [0.25, 0.3) is 0 Å². The van der Waals surface area contributed by atoms with E-state index in [1.165, 1.54) is 0 Å². The average molecular weight is 312 g/mol. The molecule has 0 saturated carbocycles. The number of hydrogen-bond acceptors (Lipinski definition) is 3. The highest BCUT2D eigenvalue weighted by Gasteiger charge is 2.17. The van der Waals surface area contributed by atoms with E-state index >= 15 is 0 Å². The van der Waals surface area contributed by atoms with Gasteiger partial charge in [0.05, 0.1) is 18.5 Å². The molecule has 0 N–H and O–H groups in total. The average Bonchev–Trinajstić information content (AvgIpc) is 3.10. The van der Waals surface area contributed by atoms with Crippen molar-refractivity contribution in [3.63, 3.8) is 0 Å². The van der Waals surface area contributed by atoms with Crippen LogP contribution in [0.3, 0.4) is 0 Å². The van der Waals surface area contributed by atoms with Crippen molar-refractivity contribution in [2.45, 2.75) is 19.8 Å². The van der Waals surface area contributed by atoms with Gasteiger partial charge in [-0.05, 0) is 67.3 Å². The van der Waals surface area contributed by atoms with E-state index in [-0.39, 0.29) is 5.82 Å². The van der Waals surface area contributed by atoms with Crippen molar-refractivity contribution in [2.24, 2.45) is 4.99 Å². The van der Waals surface area contributed by atoms with Gasteiger partial charge in [0.1, 0.15) is 11.6 Å². The summed E-state index contributed by atoms with van der Waals surface area (Å²) >= 11 is 0. The number of benzene rings is 2. The zero-order valence-corrected chi connectivity index (χ0v) is 13.6. The molecule has 1 heterocycles. The Kier molecular flexibility index (Phi) is 4.60. The van der Waals surface area contributed by atoms with Crippen LogP contribution < -0.4 is 9.64 Å². The maximum absolute atomic E-state index is 14.4. The number of halogens is 1. The topological polar surface area (TPSA) is 24.8 Å². The van der Waals surface area contributed by atoms with Crippen LogP contribution in [0, 0.1) is 12.7 Å². The lowest BCUT2D eigenvalue weighted by Gasteiger charge is -2.19. The number of anilines is 1. The van der Waals surface area contributed by atoms with Gasteiger partial charge in [-0.2, -0.15) is 0 Å². The number of ether oxygens (including phenoxy) is 1. The van der Waals surface area contributed by atoms with Crippen molar-refractivity contribution >= 4 is 17.6 Å². The van der Waals surface area contributed by atoms with E-state index in [1.807, 2.05) is 37.3 Å². The minimum atomic E-state index is -0.173. The van der Waals surface area contributed by atoms with Gasteiger partial charge in [0, 0.05) is 19.3 Å². The predicted molar refractivity (Wildman–Crippen MR) is 92.8 cm³/mol. The van der Waals surface area contributed by atoms with Gasteiger partial charge in [-0.1, -0.05) is 0 Å². The molecular weight excluding hydrogens is 291 g/mol. The zero-order chi connectivity index (χ0) is 16.2. The third-order valence-corrected chi connectivity index (χ3v) is 4.21. The molecule has 0 aliphatic carbocycles. The molecule has 1 aliphatic heterocycles. The number of nitrogens with zero attached hydrogens (tertiary/aromatic N) is 2. The molecule has 0 unspecified atom stereocenters. The molecule has 0 aromatic heterocycles. The molecule has 2 aromatic carbocycles. The van der Waals surface area contributed by atoms with Crippen molar-refractivity contribution in [3.8, 4) is 5.75 Å². The fraction of sp³-hybridized carbons (Fsp3) is 0.316. The third-order valence-electron chi connectivity index (χ3n) is 4.21. The SMILES string of the molecule is COc1ccc(N=Cc2cc(F)c(N3CCCC3)cc2C)cc1. The number of hydrogen-bond donors (Lipinski definition) is 0. The molecular formula is C19H21FN2O. The van der Waals surface area contributed by atoms with Crippen LogP contribution in [-0.2, 0) is 0 Å². The molecule has 0 amide bonds. The number of aryl methyl sites for hydroxylation is 1. The fourth-order valence-corrected chi connectivity index (χ4v) is 2.83. The van der Waals surface area contributed by atoms with Gasteiger partial charge in [-0.15, -0.1) is 0 Å². The summed E-state index contributed by atoms with van der Waals surface area (Å²) in [5, 5.41) is 0. The first-order valence-electron chi connectivity index (χ1n) is 7.90. The first kappa shape index (κ1) is 15.5. The van der Waals surface area contributed by atoms with Crippen LogP contribution in [0.4, 0.5) is 15.8 Å². The molecule has 0 radical (unpaired) electrons. The van der Waals surface area contributed by atoms with Crippen LogP contribution in [0.5, 0.6) is 5.75 Å². The Morgan fingerprint density at radius 1 is 1.13 bits per heavy atom. The van der Waals surface area contributed by atoms with E-state index in [0.717, 1.165) is 48.5 Å². The fourth-order valence-electron chi connectivity index (χ4n) is 2.83. The Hall–Kier alpha value is -2.36. The molecule has 0 spiro atoms. The number of methoxy groups -OCH3 is 1. The van der Waals surface area contributed by atoms with Gasteiger partial charge >= 0.3 is 0 Å². The van der Waals surface area contributed by atoms with Crippen LogP contribution in [0.2, 0.25) is 0 Å². The van der Waals surface area contributed by atoms with Crippen molar-refractivity contribution in [1.29, 1.82) is 0 Å². The van der Waals surface area contributed by atoms with Gasteiger partial charge in [-0.25, -0.2) is 4.39 Å². The molecule has 0 bridgehead atoms. The highest BCUT2D eigenvalue weighted by Crippen LogP contribution is 2.26.